The van der Waals surface area contributed by atoms with Gasteiger partial charge in [0.15, 0.2) is 5.82 Å². The molecule has 0 bridgehead atoms. The second-order valence-corrected chi connectivity index (χ2v) is 3.46. The summed E-state index contributed by atoms with van der Waals surface area (Å²) < 4.78 is 0. The number of benzene rings is 1. The van der Waals surface area contributed by atoms with Crippen LogP contribution in [0.2, 0.25) is 5.15 Å². The van der Waals surface area contributed by atoms with Gasteiger partial charge in [0.05, 0.1) is 5.69 Å². The van der Waals surface area contributed by atoms with Crippen LogP contribution in [0.5, 0.6) is 0 Å². The van der Waals surface area contributed by atoms with Gasteiger partial charge in [-0.1, -0.05) is 41.9 Å². The Morgan fingerprint density at radius 1 is 1.13 bits per heavy atom. The van der Waals surface area contributed by atoms with Crippen LogP contribution in [0, 0.1) is 0 Å². The fourth-order valence-corrected chi connectivity index (χ4v) is 1.49. The number of nitrogens with two attached hydrogens (primary N) is 1. The third-order valence-electron chi connectivity index (χ3n) is 1.99. The van der Waals surface area contributed by atoms with Gasteiger partial charge < -0.3 is 5.73 Å². The van der Waals surface area contributed by atoms with Crippen LogP contribution in [-0.2, 0) is 6.54 Å². The molecule has 0 unspecified atom stereocenters. The molecule has 1 heterocycles. The highest BCUT2D eigenvalue weighted by Crippen LogP contribution is 2.17. The van der Waals surface area contributed by atoms with Crippen molar-refractivity contribution >= 4 is 11.6 Å². The lowest BCUT2D eigenvalue weighted by molar-refractivity contribution is 0.970. The summed E-state index contributed by atoms with van der Waals surface area (Å²) in [4.78, 5) is 8.45. The van der Waals surface area contributed by atoms with Gasteiger partial charge in [-0.3, -0.25) is 0 Å². The zero-order chi connectivity index (χ0) is 10.7. The van der Waals surface area contributed by atoms with Crippen LogP contribution in [0.1, 0.15) is 5.69 Å². The van der Waals surface area contributed by atoms with Crippen molar-refractivity contribution in [2.24, 2.45) is 5.73 Å². The van der Waals surface area contributed by atoms with Crippen molar-refractivity contribution in [1.82, 2.24) is 9.97 Å². The lowest BCUT2D eigenvalue weighted by Gasteiger charge is -2.02. The van der Waals surface area contributed by atoms with E-state index < -0.39 is 0 Å². The van der Waals surface area contributed by atoms with Crippen molar-refractivity contribution in [1.29, 1.82) is 0 Å². The van der Waals surface area contributed by atoms with E-state index in [0.717, 1.165) is 11.3 Å². The number of hydrogen-bond acceptors (Lipinski definition) is 3. The predicted octanol–water partition coefficient (Wildman–Crippen LogP) is 2.26. The minimum atomic E-state index is 0.363. The molecule has 0 fully saturated rings. The molecular weight excluding hydrogens is 210 g/mol. The minimum Gasteiger partial charge on any atom is -0.325 e. The Balaban J connectivity index is 2.49. The summed E-state index contributed by atoms with van der Waals surface area (Å²) in [5, 5.41) is 0.421. The molecule has 0 saturated carbocycles. The Labute approximate surface area is 92.9 Å². The molecular formula is C11H10ClN3. The first-order valence-corrected chi connectivity index (χ1v) is 4.96. The maximum atomic E-state index is 5.87. The van der Waals surface area contributed by atoms with E-state index in [1.165, 1.54) is 0 Å². The van der Waals surface area contributed by atoms with Gasteiger partial charge in [-0.25, -0.2) is 9.97 Å². The number of hydrogen-bond donors (Lipinski definition) is 1. The van der Waals surface area contributed by atoms with Crippen molar-refractivity contribution in [3.05, 3.63) is 47.2 Å². The first-order chi connectivity index (χ1) is 7.29. The van der Waals surface area contributed by atoms with E-state index in [4.69, 9.17) is 17.3 Å². The molecule has 4 heteroatoms. The van der Waals surface area contributed by atoms with Crippen LogP contribution in [0.4, 0.5) is 0 Å². The summed E-state index contributed by atoms with van der Waals surface area (Å²) in [6.45, 7) is 0.363. The molecule has 0 aliphatic heterocycles. The minimum absolute atomic E-state index is 0.363. The van der Waals surface area contributed by atoms with E-state index >= 15 is 0 Å². The Morgan fingerprint density at radius 2 is 1.87 bits per heavy atom. The van der Waals surface area contributed by atoms with E-state index in [-0.39, 0.29) is 0 Å². The van der Waals surface area contributed by atoms with Gasteiger partial charge in [0.25, 0.3) is 0 Å². The Kier molecular flexibility index (Phi) is 2.94. The van der Waals surface area contributed by atoms with Crippen LogP contribution >= 0.6 is 11.6 Å². The molecule has 0 spiro atoms. The van der Waals surface area contributed by atoms with Crippen LogP contribution < -0.4 is 5.73 Å². The molecule has 0 amide bonds. The quantitative estimate of drug-likeness (QED) is 0.789. The third-order valence-corrected chi connectivity index (χ3v) is 2.18. The molecule has 2 rings (SSSR count). The van der Waals surface area contributed by atoms with Crippen LogP contribution in [0.3, 0.4) is 0 Å². The SMILES string of the molecule is NCc1cc(Cl)nc(-c2ccccc2)n1. The summed E-state index contributed by atoms with van der Waals surface area (Å²) in [6.07, 6.45) is 0. The van der Waals surface area contributed by atoms with Crippen molar-refractivity contribution in [2.45, 2.75) is 6.54 Å². The second-order valence-electron chi connectivity index (χ2n) is 3.08. The van der Waals surface area contributed by atoms with Crippen molar-refractivity contribution in [3.8, 4) is 11.4 Å². The zero-order valence-electron chi connectivity index (χ0n) is 8.02. The summed E-state index contributed by atoms with van der Waals surface area (Å²) in [5.74, 6) is 0.614. The molecule has 0 atom stereocenters. The van der Waals surface area contributed by atoms with Gasteiger partial charge in [-0.2, -0.15) is 0 Å². The summed E-state index contributed by atoms with van der Waals surface area (Å²) in [6, 6.07) is 11.4. The monoisotopic (exact) mass is 219 g/mol. The number of rotatable bonds is 2. The van der Waals surface area contributed by atoms with Gasteiger partial charge in [-0.15, -0.1) is 0 Å². The molecule has 15 heavy (non-hydrogen) atoms. The smallest absolute Gasteiger partial charge is 0.161 e. The van der Waals surface area contributed by atoms with Crippen LogP contribution in [0.15, 0.2) is 36.4 Å². The second kappa shape index (κ2) is 4.38. The highest BCUT2D eigenvalue weighted by Gasteiger charge is 2.03. The Bertz CT molecular complexity index is 457. The van der Waals surface area contributed by atoms with Crippen LogP contribution in [-0.4, -0.2) is 9.97 Å². The van der Waals surface area contributed by atoms with E-state index in [2.05, 4.69) is 9.97 Å². The fourth-order valence-electron chi connectivity index (χ4n) is 1.29. The molecule has 3 nitrogen and oxygen atoms in total. The average molecular weight is 220 g/mol. The maximum Gasteiger partial charge on any atom is 0.161 e. The first kappa shape index (κ1) is 10.1. The Morgan fingerprint density at radius 3 is 2.53 bits per heavy atom. The predicted molar refractivity (Wildman–Crippen MR) is 60.4 cm³/mol. The highest BCUT2D eigenvalue weighted by molar-refractivity contribution is 6.29. The molecule has 2 aromatic rings. The number of aromatic nitrogens is 2. The molecule has 0 saturated heterocycles. The van der Waals surface area contributed by atoms with Crippen molar-refractivity contribution in [3.63, 3.8) is 0 Å². The topological polar surface area (TPSA) is 51.8 Å². The molecule has 0 radical (unpaired) electrons. The summed E-state index contributed by atoms with van der Waals surface area (Å²) in [5.41, 5.74) is 7.20. The zero-order valence-corrected chi connectivity index (χ0v) is 8.78. The van der Waals surface area contributed by atoms with Crippen LogP contribution in [0.25, 0.3) is 11.4 Å². The molecule has 76 valence electrons. The number of nitrogens with zero attached hydrogens (tertiary/aromatic N) is 2. The van der Waals surface area contributed by atoms with E-state index in [0.29, 0.717) is 17.5 Å². The molecule has 1 aromatic heterocycles. The van der Waals surface area contributed by atoms with Crippen molar-refractivity contribution in [2.75, 3.05) is 0 Å². The highest BCUT2D eigenvalue weighted by atomic mass is 35.5. The largest absolute Gasteiger partial charge is 0.325 e. The van der Waals surface area contributed by atoms with Gasteiger partial charge in [0, 0.05) is 12.1 Å². The molecule has 2 N–H and O–H groups in total. The standard InChI is InChI=1S/C11H10ClN3/c12-10-6-9(7-13)14-11(15-10)8-4-2-1-3-5-8/h1-6H,7,13H2. The Hall–Kier alpha value is -1.45. The number of halogens is 1. The lowest BCUT2D eigenvalue weighted by atomic mass is 10.2. The van der Waals surface area contributed by atoms with Crippen molar-refractivity contribution < 1.29 is 0 Å². The van der Waals surface area contributed by atoms with E-state index in [9.17, 15) is 0 Å². The molecule has 0 aliphatic carbocycles. The molecule has 0 aliphatic rings. The fraction of sp³-hybridized carbons (Fsp3) is 0.0909. The maximum absolute atomic E-state index is 5.87. The molecule has 1 aromatic carbocycles. The normalized spacial score (nSPS) is 10.3. The van der Waals surface area contributed by atoms with Gasteiger partial charge >= 0.3 is 0 Å². The summed E-state index contributed by atoms with van der Waals surface area (Å²) in [7, 11) is 0. The van der Waals surface area contributed by atoms with Gasteiger partial charge in [-0.05, 0) is 6.07 Å². The van der Waals surface area contributed by atoms with Gasteiger partial charge in [0.1, 0.15) is 5.15 Å². The lowest BCUT2D eigenvalue weighted by Crippen LogP contribution is -2.02. The first-order valence-electron chi connectivity index (χ1n) is 4.58. The average Bonchev–Trinajstić information content (AvgIpc) is 2.29. The van der Waals surface area contributed by atoms with E-state index in [1.807, 2.05) is 30.3 Å². The van der Waals surface area contributed by atoms with Gasteiger partial charge in [0.2, 0.25) is 0 Å². The summed E-state index contributed by atoms with van der Waals surface area (Å²) >= 11 is 5.87. The van der Waals surface area contributed by atoms with E-state index in [1.54, 1.807) is 6.07 Å². The third kappa shape index (κ3) is 2.32.